The average Bonchev–Trinajstić information content (AvgIpc) is 2.34. The molecule has 0 aliphatic carbocycles. The molecular formula is C13H19N3. The summed E-state index contributed by atoms with van der Waals surface area (Å²) in [6, 6.07) is 9.82. The van der Waals surface area contributed by atoms with Gasteiger partial charge in [-0.25, -0.2) is 0 Å². The van der Waals surface area contributed by atoms with Crippen LogP contribution >= 0.6 is 0 Å². The number of hydrogen-bond acceptors (Lipinski definition) is 3. The number of nitrogens with one attached hydrogen (secondary N) is 1. The van der Waals surface area contributed by atoms with Crippen LogP contribution in [0.4, 0.5) is 5.69 Å². The summed E-state index contributed by atoms with van der Waals surface area (Å²) in [5.74, 6) is 0. The number of rotatable bonds is 6. The Hall–Kier alpha value is -1.53. The van der Waals surface area contributed by atoms with Gasteiger partial charge in [0, 0.05) is 19.3 Å². The summed E-state index contributed by atoms with van der Waals surface area (Å²) in [6.07, 6.45) is 1.13. The Labute approximate surface area is 97.7 Å². The number of anilines is 1. The van der Waals surface area contributed by atoms with Crippen LogP contribution < -0.4 is 10.2 Å². The lowest BCUT2D eigenvalue weighted by Crippen LogP contribution is -2.23. The standard InChI is InChI=1S/C13H19N3/c1-3-15-9-4-10-16(2)13-7-5-12(11-14)6-8-13/h5-8,15H,3-4,9-10H2,1-2H3. The van der Waals surface area contributed by atoms with Crippen molar-refractivity contribution in [2.75, 3.05) is 31.6 Å². The lowest BCUT2D eigenvalue weighted by molar-refractivity contribution is 0.667. The first kappa shape index (κ1) is 12.5. The summed E-state index contributed by atoms with van der Waals surface area (Å²) >= 11 is 0. The van der Waals surface area contributed by atoms with Gasteiger partial charge in [0.2, 0.25) is 0 Å². The number of benzene rings is 1. The highest BCUT2D eigenvalue weighted by Crippen LogP contribution is 2.13. The van der Waals surface area contributed by atoms with E-state index >= 15 is 0 Å². The van der Waals surface area contributed by atoms with Crippen LogP contribution in [0.25, 0.3) is 0 Å². The van der Waals surface area contributed by atoms with Gasteiger partial charge in [-0.15, -0.1) is 0 Å². The minimum atomic E-state index is 0.713. The minimum absolute atomic E-state index is 0.713. The second-order valence-electron chi connectivity index (χ2n) is 3.79. The molecule has 0 atom stereocenters. The number of nitrogens with zero attached hydrogens (tertiary/aromatic N) is 2. The SMILES string of the molecule is CCNCCCN(C)c1ccc(C#N)cc1. The van der Waals surface area contributed by atoms with Crippen molar-refractivity contribution in [2.24, 2.45) is 0 Å². The average molecular weight is 217 g/mol. The van der Waals surface area contributed by atoms with E-state index in [4.69, 9.17) is 5.26 Å². The molecule has 1 aromatic carbocycles. The highest BCUT2D eigenvalue weighted by Gasteiger charge is 2.00. The van der Waals surface area contributed by atoms with Crippen molar-refractivity contribution in [3.8, 4) is 6.07 Å². The summed E-state index contributed by atoms with van der Waals surface area (Å²) in [7, 11) is 2.08. The molecular weight excluding hydrogens is 198 g/mol. The third-order valence-corrected chi connectivity index (χ3v) is 2.53. The largest absolute Gasteiger partial charge is 0.375 e. The van der Waals surface area contributed by atoms with Crippen molar-refractivity contribution in [1.82, 2.24) is 5.32 Å². The van der Waals surface area contributed by atoms with E-state index < -0.39 is 0 Å². The second kappa shape index (κ2) is 6.86. The van der Waals surface area contributed by atoms with Crippen molar-refractivity contribution in [1.29, 1.82) is 5.26 Å². The maximum absolute atomic E-state index is 8.70. The maximum atomic E-state index is 8.70. The third-order valence-electron chi connectivity index (χ3n) is 2.53. The van der Waals surface area contributed by atoms with E-state index in [1.165, 1.54) is 0 Å². The Kier molecular flexibility index (Phi) is 5.38. The molecule has 0 aromatic heterocycles. The Morgan fingerprint density at radius 1 is 1.31 bits per heavy atom. The molecule has 0 radical (unpaired) electrons. The lowest BCUT2D eigenvalue weighted by Gasteiger charge is -2.19. The third kappa shape index (κ3) is 3.92. The van der Waals surface area contributed by atoms with Crippen LogP contribution in [0, 0.1) is 11.3 Å². The first-order valence-electron chi connectivity index (χ1n) is 5.70. The number of nitriles is 1. The van der Waals surface area contributed by atoms with E-state index in [-0.39, 0.29) is 0 Å². The molecule has 1 N–H and O–H groups in total. The lowest BCUT2D eigenvalue weighted by atomic mass is 10.2. The van der Waals surface area contributed by atoms with E-state index in [0.717, 1.165) is 31.7 Å². The quantitative estimate of drug-likeness (QED) is 0.741. The van der Waals surface area contributed by atoms with Crippen molar-refractivity contribution >= 4 is 5.69 Å². The van der Waals surface area contributed by atoms with Gasteiger partial charge in [0.1, 0.15) is 0 Å². The molecule has 0 spiro atoms. The summed E-state index contributed by atoms with van der Waals surface area (Å²) in [6.45, 7) is 5.22. The molecule has 3 nitrogen and oxygen atoms in total. The van der Waals surface area contributed by atoms with Crippen LogP contribution in [-0.2, 0) is 0 Å². The normalized spacial score (nSPS) is 9.81. The predicted octanol–water partition coefficient (Wildman–Crippen LogP) is 1.99. The molecule has 1 aromatic rings. The molecule has 0 aliphatic rings. The van der Waals surface area contributed by atoms with Crippen LogP contribution in [0.5, 0.6) is 0 Å². The topological polar surface area (TPSA) is 39.1 Å². The van der Waals surface area contributed by atoms with Gasteiger partial charge in [-0.05, 0) is 43.8 Å². The van der Waals surface area contributed by atoms with Gasteiger partial charge in [0.15, 0.2) is 0 Å². The van der Waals surface area contributed by atoms with E-state index in [2.05, 4.69) is 30.3 Å². The predicted molar refractivity (Wildman–Crippen MR) is 67.6 cm³/mol. The highest BCUT2D eigenvalue weighted by atomic mass is 15.1. The molecule has 0 unspecified atom stereocenters. The van der Waals surface area contributed by atoms with Gasteiger partial charge in [-0.3, -0.25) is 0 Å². The van der Waals surface area contributed by atoms with Crippen LogP contribution in [0.15, 0.2) is 24.3 Å². The molecule has 16 heavy (non-hydrogen) atoms. The smallest absolute Gasteiger partial charge is 0.0991 e. The summed E-state index contributed by atoms with van der Waals surface area (Å²) in [5.41, 5.74) is 1.88. The van der Waals surface area contributed by atoms with Crippen molar-refractivity contribution in [3.63, 3.8) is 0 Å². The first-order chi connectivity index (χ1) is 7.77. The molecule has 0 amide bonds. The van der Waals surface area contributed by atoms with Crippen LogP contribution in [0.2, 0.25) is 0 Å². The van der Waals surface area contributed by atoms with Gasteiger partial charge in [0.05, 0.1) is 11.6 Å². The van der Waals surface area contributed by atoms with Gasteiger partial charge in [-0.1, -0.05) is 6.92 Å². The maximum Gasteiger partial charge on any atom is 0.0991 e. The van der Waals surface area contributed by atoms with E-state index in [0.29, 0.717) is 5.56 Å². The van der Waals surface area contributed by atoms with E-state index in [9.17, 15) is 0 Å². The Balaban J connectivity index is 2.40. The molecule has 1 rings (SSSR count). The molecule has 3 heteroatoms. The fourth-order valence-electron chi connectivity index (χ4n) is 1.54. The van der Waals surface area contributed by atoms with Gasteiger partial charge < -0.3 is 10.2 Å². The fourth-order valence-corrected chi connectivity index (χ4v) is 1.54. The van der Waals surface area contributed by atoms with Gasteiger partial charge in [0.25, 0.3) is 0 Å². The van der Waals surface area contributed by atoms with E-state index in [1.807, 2.05) is 24.3 Å². The number of hydrogen-bond donors (Lipinski definition) is 1. The fraction of sp³-hybridized carbons (Fsp3) is 0.462. The monoisotopic (exact) mass is 217 g/mol. The second-order valence-corrected chi connectivity index (χ2v) is 3.79. The highest BCUT2D eigenvalue weighted by molar-refractivity contribution is 5.48. The minimum Gasteiger partial charge on any atom is -0.375 e. The summed E-state index contributed by atoms with van der Waals surface area (Å²) < 4.78 is 0. The molecule has 0 bridgehead atoms. The molecule has 0 fully saturated rings. The Morgan fingerprint density at radius 2 is 2.00 bits per heavy atom. The zero-order valence-corrected chi connectivity index (χ0v) is 10.0. The van der Waals surface area contributed by atoms with Crippen molar-refractivity contribution < 1.29 is 0 Å². The Morgan fingerprint density at radius 3 is 2.56 bits per heavy atom. The van der Waals surface area contributed by atoms with Crippen LogP contribution in [-0.4, -0.2) is 26.7 Å². The van der Waals surface area contributed by atoms with Crippen molar-refractivity contribution in [3.05, 3.63) is 29.8 Å². The van der Waals surface area contributed by atoms with Crippen LogP contribution in [0.1, 0.15) is 18.9 Å². The van der Waals surface area contributed by atoms with Gasteiger partial charge >= 0.3 is 0 Å². The zero-order chi connectivity index (χ0) is 11.8. The van der Waals surface area contributed by atoms with E-state index in [1.54, 1.807) is 0 Å². The van der Waals surface area contributed by atoms with Crippen LogP contribution in [0.3, 0.4) is 0 Å². The first-order valence-corrected chi connectivity index (χ1v) is 5.70. The molecule has 86 valence electrons. The Bertz CT molecular complexity index is 337. The van der Waals surface area contributed by atoms with Crippen molar-refractivity contribution in [2.45, 2.75) is 13.3 Å². The molecule has 0 saturated heterocycles. The van der Waals surface area contributed by atoms with Gasteiger partial charge in [-0.2, -0.15) is 5.26 Å². The molecule has 0 aliphatic heterocycles. The molecule has 0 saturated carbocycles. The summed E-state index contributed by atoms with van der Waals surface area (Å²) in [5, 5.41) is 12.0. The zero-order valence-electron chi connectivity index (χ0n) is 10.0. The molecule has 0 heterocycles. The summed E-state index contributed by atoms with van der Waals surface area (Å²) in [4.78, 5) is 2.21.